The minimum atomic E-state index is -0.389. The van der Waals surface area contributed by atoms with Gasteiger partial charge >= 0.3 is 6.09 Å². The van der Waals surface area contributed by atoms with Crippen molar-refractivity contribution in [1.29, 1.82) is 0 Å². The third-order valence-corrected chi connectivity index (χ3v) is 2.69. The average molecular weight is 259 g/mol. The summed E-state index contributed by atoms with van der Waals surface area (Å²) in [7, 11) is 1.38. The van der Waals surface area contributed by atoms with E-state index in [0.717, 1.165) is 12.8 Å². The van der Waals surface area contributed by atoms with E-state index in [-0.39, 0.29) is 12.1 Å². The van der Waals surface area contributed by atoms with Crippen molar-refractivity contribution in [1.82, 2.24) is 5.32 Å². The van der Waals surface area contributed by atoms with Gasteiger partial charge in [0.15, 0.2) is 0 Å². The SMILES string of the molecule is C/C=C/C=C/C[C@H](Cc1ccccc1)NC(=O)OC. The molecule has 1 N–H and O–H groups in total. The lowest BCUT2D eigenvalue weighted by atomic mass is 10.0. The van der Waals surface area contributed by atoms with E-state index in [2.05, 4.69) is 22.2 Å². The van der Waals surface area contributed by atoms with E-state index < -0.39 is 0 Å². The summed E-state index contributed by atoms with van der Waals surface area (Å²) in [4.78, 5) is 11.3. The van der Waals surface area contributed by atoms with Crippen LogP contribution in [0.4, 0.5) is 4.79 Å². The Morgan fingerprint density at radius 3 is 2.68 bits per heavy atom. The van der Waals surface area contributed by atoms with E-state index in [0.29, 0.717) is 0 Å². The molecule has 19 heavy (non-hydrogen) atoms. The Morgan fingerprint density at radius 1 is 1.32 bits per heavy atom. The molecule has 1 aromatic carbocycles. The molecule has 1 atom stereocenters. The molecule has 0 aliphatic carbocycles. The van der Waals surface area contributed by atoms with Gasteiger partial charge in [0.25, 0.3) is 0 Å². The highest BCUT2D eigenvalue weighted by Crippen LogP contribution is 2.07. The molecule has 3 nitrogen and oxygen atoms in total. The van der Waals surface area contributed by atoms with Crippen LogP contribution in [0.25, 0.3) is 0 Å². The van der Waals surface area contributed by atoms with Gasteiger partial charge < -0.3 is 10.1 Å². The number of rotatable bonds is 6. The maximum absolute atomic E-state index is 11.3. The molecule has 0 spiro atoms. The second kappa shape index (κ2) is 8.97. The fourth-order valence-corrected chi connectivity index (χ4v) is 1.75. The minimum Gasteiger partial charge on any atom is -0.453 e. The number of carbonyl (C=O) groups excluding carboxylic acids is 1. The van der Waals surface area contributed by atoms with Crippen LogP contribution in [-0.2, 0) is 11.2 Å². The summed E-state index contributed by atoms with van der Waals surface area (Å²) in [6, 6.07) is 10.1. The molecule has 1 amide bonds. The van der Waals surface area contributed by atoms with Gasteiger partial charge in [-0.15, -0.1) is 0 Å². The van der Waals surface area contributed by atoms with E-state index in [9.17, 15) is 4.79 Å². The van der Waals surface area contributed by atoms with Gasteiger partial charge in [-0.1, -0.05) is 54.6 Å². The quantitative estimate of drug-likeness (QED) is 0.794. The molecule has 102 valence electrons. The zero-order valence-electron chi connectivity index (χ0n) is 11.5. The Balaban J connectivity index is 2.60. The van der Waals surface area contributed by atoms with Crippen molar-refractivity contribution >= 4 is 6.09 Å². The molecule has 0 aliphatic rings. The molecule has 3 heteroatoms. The smallest absolute Gasteiger partial charge is 0.407 e. The number of benzene rings is 1. The van der Waals surface area contributed by atoms with Crippen LogP contribution in [0.1, 0.15) is 18.9 Å². The van der Waals surface area contributed by atoms with Crippen LogP contribution >= 0.6 is 0 Å². The molecule has 0 aliphatic heterocycles. The Hall–Kier alpha value is -2.03. The Morgan fingerprint density at radius 2 is 2.05 bits per heavy atom. The Labute approximate surface area is 115 Å². The minimum absolute atomic E-state index is 0.0383. The first-order valence-electron chi connectivity index (χ1n) is 6.42. The summed E-state index contributed by atoms with van der Waals surface area (Å²) in [5.74, 6) is 0. The summed E-state index contributed by atoms with van der Waals surface area (Å²) in [5, 5.41) is 2.86. The predicted molar refractivity (Wildman–Crippen MR) is 78.0 cm³/mol. The number of nitrogens with one attached hydrogen (secondary N) is 1. The fraction of sp³-hybridized carbons (Fsp3) is 0.312. The lowest BCUT2D eigenvalue weighted by Crippen LogP contribution is -2.36. The van der Waals surface area contributed by atoms with Crippen LogP contribution in [0, 0.1) is 0 Å². The molecule has 0 unspecified atom stereocenters. The molecular weight excluding hydrogens is 238 g/mol. The van der Waals surface area contributed by atoms with Crippen LogP contribution in [0.5, 0.6) is 0 Å². The second-order valence-corrected chi connectivity index (χ2v) is 4.21. The predicted octanol–water partition coefficient (Wildman–Crippen LogP) is 3.48. The highest BCUT2D eigenvalue weighted by Gasteiger charge is 2.11. The van der Waals surface area contributed by atoms with Crippen LogP contribution in [0.15, 0.2) is 54.6 Å². The Bertz CT molecular complexity index is 424. The third-order valence-electron chi connectivity index (χ3n) is 2.69. The van der Waals surface area contributed by atoms with Gasteiger partial charge in [0.1, 0.15) is 0 Å². The standard InChI is InChI=1S/C16H21NO2/c1-3-4-5-9-12-15(17-16(18)19-2)13-14-10-7-6-8-11-14/h3-11,15H,12-13H2,1-2H3,(H,17,18)/b4-3+,9-5+/t15-/m1/s1. The van der Waals surface area contributed by atoms with Gasteiger partial charge in [0.2, 0.25) is 0 Å². The first-order valence-corrected chi connectivity index (χ1v) is 6.42. The molecule has 0 saturated carbocycles. The number of hydrogen-bond donors (Lipinski definition) is 1. The van der Waals surface area contributed by atoms with Crippen molar-refractivity contribution in [2.24, 2.45) is 0 Å². The second-order valence-electron chi connectivity index (χ2n) is 4.21. The summed E-state index contributed by atoms with van der Waals surface area (Å²) >= 11 is 0. The molecular formula is C16H21NO2. The van der Waals surface area contributed by atoms with E-state index >= 15 is 0 Å². The summed E-state index contributed by atoms with van der Waals surface area (Å²) in [6.07, 6.45) is 9.14. The first-order chi connectivity index (χ1) is 9.26. The maximum Gasteiger partial charge on any atom is 0.407 e. The lowest BCUT2D eigenvalue weighted by Gasteiger charge is -2.16. The summed E-state index contributed by atoms with van der Waals surface area (Å²) in [5.41, 5.74) is 1.20. The monoisotopic (exact) mass is 259 g/mol. The van der Waals surface area contributed by atoms with Crippen molar-refractivity contribution in [3.8, 4) is 0 Å². The molecule has 0 aromatic heterocycles. The average Bonchev–Trinajstić information content (AvgIpc) is 2.44. The highest BCUT2D eigenvalue weighted by atomic mass is 16.5. The normalized spacial score (nSPS) is 12.7. The van der Waals surface area contributed by atoms with Crippen molar-refractivity contribution in [3.05, 3.63) is 60.2 Å². The molecule has 1 aromatic rings. The number of alkyl carbamates (subject to hydrolysis) is 1. The van der Waals surface area contributed by atoms with Gasteiger partial charge in [-0.25, -0.2) is 4.79 Å². The van der Waals surface area contributed by atoms with Crippen LogP contribution in [0.2, 0.25) is 0 Å². The van der Waals surface area contributed by atoms with E-state index in [4.69, 9.17) is 0 Å². The van der Waals surface area contributed by atoms with Crippen molar-refractivity contribution < 1.29 is 9.53 Å². The van der Waals surface area contributed by atoms with E-state index in [1.165, 1.54) is 12.7 Å². The fourth-order valence-electron chi connectivity index (χ4n) is 1.75. The van der Waals surface area contributed by atoms with E-state index in [1.54, 1.807) is 0 Å². The van der Waals surface area contributed by atoms with Crippen LogP contribution in [-0.4, -0.2) is 19.2 Å². The zero-order chi connectivity index (χ0) is 13.9. The highest BCUT2D eigenvalue weighted by molar-refractivity contribution is 5.67. The molecule has 1 rings (SSSR count). The number of ether oxygens (including phenoxy) is 1. The van der Waals surface area contributed by atoms with Crippen molar-refractivity contribution in [2.75, 3.05) is 7.11 Å². The molecule has 0 saturated heterocycles. The van der Waals surface area contributed by atoms with Gasteiger partial charge in [-0.2, -0.15) is 0 Å². The largest absolute Gasteiger partial charge is 0.453 e. The van der Waals surface area contributed by atoms with Gasteiger partial charge in [0, 0.05) is 6.04 Å². The Kier molecular flexibility index (Phi) is 7.10. The summed E-state index contributed by atoms with van der Waals surface area (Å²) < 4.78 is 4.66. The number of carbonyl (C=O) groups is 1. The number of methoxy groups -OCH3 is 1. The first kappa shape index (κ1) is 15.0. The molecule has 0 fully saturated rings. The van der Waals surface area contributed by atoms with Crippen LogP contribution < -0.4 is 5.32 Å². The third kappa shape index (κ3) is 6.46. The van der Waals surface area contributed by atoms with E-state index in [1.807, 2.05) is 49.4 Å². The lowest BCUT2D eigenvalue weighted by molar-refractivity contribution is 0.166. The number of amides is 1. The topological polar surface area (TPSA) is 38.3 Å². The van der Waals surface area contributed by atoms with Gasteiger partial charge in [0.05, 0.1) is 7.11 Å². The molecule has 0 radical (unpaired) electrons. The zero-order valence-corrected chi connectivity index (χ0v) is 11.5. The maximum atomic E-state index is 11.3. The summed E-state index contributed by atoms with van der Waals surface area (Å²) in [6.45, 7) is 1.97. The van der Waals surface area contributed by atoms with Crippen LogP contribution in [0.3, 0.4) is 0 Å². The molecule has 0 bridgehead atoms. The van der Waals surface area contributed by atoms with Crippen molar-refractivity contribution in [3.63, 3.8) is 0 Å². The van der Waals surface area contributed by atoms with Gasteiger partial charge in [-0.3, -0.25) is 0 Å². The number of allylic oxidation sites excluding steroid dienone is 3. The number of hydrogen-bond acceptors (Lipinski definition) is 2. The van der Waals surface area contributed by atoms with Gasteiger partial charge in [-0.05, 0) is 25.3 Å². The molecule has 0 heterocycles. The van der Waals surface area contributed by atoms with Crippen molar-refractivity contribution in [2.45, 2.75) is 25.8 Å².